The molecule has 0 unspecified atom stereocenters. The van der Waals surface area contributed by atoms with Crippen LogP contribution in [0.15, 0.2) is 0 Å². The first-order valence-corrected chi connectivity index (χ1v) is 9.68. The minimum atomic E-state index is 0.945. The molecule has 0 saturated heterocycles. The van der Waals surface area contributed by atoms with Crippen molar-refractivity contribution in [3.05, 3.63) is 0 Å². The Hall–Kier alpha value is -0.160. The third-order valence-corrected chi connectivity index (χ3v) is 5.22. The van der Waals surface area contributed by atoms with Crippen LogP contribution in [-0.4, -0.2) is 52.4 Å². The number of rotatable bonds is 15. The van der Waals surface area contributed by atoms with Crippen molar-refractivity contribution in [2.24, 2.45) is 23.7 Å². The largest absolute Gasteiger partial charge is 0.317 e. The van der Waals surface area contributed by atoms with Gasteiger partial charge < -0.3 is 21.3 Å². The maximum absolute atomic E-state index is 3.63. The van der Waals surface area contributed by atoms with Crippen LogP contribution in [0.2, 0.25) is 0 Å². The average molecular weight is 311 g/mol. The van der Waals surface area contributed by atoms with Crippen molar-refractivity contribution in [2.75, 3.05) is 52.4 Å². The number of nitrogens with one attached hydrogen (secondary N) is 4. The van der Waals surface area contributed by atoms with Crippen LogP contribution in [0.3, 0.4) is 0 Å². The number of unbranched alkanes of at least 4 members (excludes halogenated alkanes) is 1. The Morgan fingerprint density at radius 1 is 0.591 bits per heavy atom. The van der Waals surface area contributed by atoms with E-state index in [1.165, 1.54) is 65.0 Å². The Balaban J connectivity index is 1.28. The third kappa shape index (κ3) is 7.40. The Kier molecular flexibility index (Phi) is 8.75. The molecular formula is C18H38N4. The van der Waals surface area contributed by atoms with E-state index in [1.807, 2.05) is 0 Å². The van der Waals surface area contributed by atoms with Crippen LogP contribution >= 0.6 is 0 Å². The monoisotopic (exact) mass is 310 g/mol. The fourth-order valence-corrected chi connectivity index (χ4v) is 3.35. The summed E-state index contributed by atoms with van der Waals surface area (Å²) in [6, 6.07) is 0. The molecule has 4 heteroatoms. The second kappa shape index (κ2) is 10.6. The Morgan fingerprint density at radius 3 is 1.32 bits per heavy atom. The molecule has 130 valence electrons. The fourth-order valence-electron chi connectivity index (χ4n) is 3.35. The predicted molar refractivity (Wildman–Crippen MR) is 95.3 cm³/mol. The van der Waals surface area contributed by atoms with Gasteiger partial charge in [-0.1, -0.05) is 13.8 Å². The molecule has 2 rings (SSSR count). The molecule has 0 aliphatic heterocycles. The van der Waals surface area contributed by atoms with E-state index < -0.39 is 0 Å². The lowest BCUT2D eigenvalue weighted by molar-refractivity contribution is 0.529. The molecular weight excluding hydrogens is 272 g/mol. The zero-order valence-electron chi connectivity index (χ0n) is 14.8. The van der Waals surface area contributed by atoms with Gasteiger partial charge in [-0.15, -0.1) is 0 Å². The molecule has 4 atom stereocenters. The second-order valence-corrected chi connectivity index (χ2v) is 7.24. The van der Waals surface area contributed by atoms with E-state index in [0.29, 0.717) is 0 Å². The molecule has 2 aliphatic rings. The molecule has 4 N–H and O–H groups in total. The molecule has 2 saturated carbocycles. The van der Waals surface area contributed by atoms with Crippen LogP contribution in [0.5, 0.6) is 0 Å². The van der Waals surface area contributed by atoms with Crippen molar-refractivity contribution < 1.29 is 0 Å². The summed E-state index contributed by atoms with van der Waals surface area (Å²) >= 11 is 0. The lowest BCUT2D eigenvalue weighted by Gasteiger charge is -2.06. The van der Waals surface area contributed by atoms with Gasteiger partial charge in [0, 0.05) is 0 Å². The highest BCUT2D eigenvalue weighted by atomic mass is 14.9. The van der Waals surface area contributed by atoms with E-state index in [9.17, 15) is 0 Å². The third-order valence-electron chi connectivity index (χ3n) is 5.22. The summed E-state index contributed by atoms with van der Waals surface area (Å²) < 4.78 is 0. The first-order chi connectivity index (χ1) is 10.8. The molecule has 2 fully saturated rings. The first kappa shape index (κ1) is 18.2. The van der Waals surface area contributed by atoms with Gasteiger partial charge in [-0.3, -0.25) is 0 Å². The molecule has 0 amide bonds. The first-order valence-electron chi connectivity index (χ1n) is 9.68. The van der Waals surface area contributed by atoms with Crippen LogP contribution in [0.25, 0.3) is 0 Å². The fraction of sp³-hybridized carbons (Fsp3) is 1.00. The summed E-state index contributed by atoms with van der Waals surface area (Å²) in [7, 11) is 0. The quantitative estimate of drug-likeness (QED) is 0.346. The molecule has 0 bridgehead atoms. The summed E-state index contributed by atoms with van der Waals surface area (Å²) in [6.07, 6.45) is 5.47. The van der Waals surface area contributed by atoms with Gasteiger partial charge in [0.25, 0.3) is 0 Å². The number of hydrogen-bond acceptors (Lipinski definition) is 4. The van der Waals surface area contributed by atoms with Crippen molar-refractivity contribution >= 4 is 0 Å². The van der Waals surface area contributed by atoms with Gasteiger partial charge in [0.1, 0.15) is 0 Å². The van der Waals surface area contributed by atoms with Gasteiger partial charge in [0.15, 0.2) is 0 Å². The maximum Gasteiger partial charge on any atom is -0.00173 e. The summed E-state index contributed by atoms with van der Waals surface area (Å²) in [4.78, 5) is 0. The van der Waals surface area contributed by atoms with Gasteiger partial charge in [-0.05, 0) is 102 Å². The van der Waals surface area contributed by atoms with E-state index in [4.69, 9.17) is 0 Å². The highest BCUT2D eigenvalue weighted by Crippen LogP contribution is 2.37. The normalized spacial score (nSPS) is 29.7. The Morgan fingerprint density at radius 2 is 0.955 bits per heavy atom. The standard InChI is InChI=1S/C18H38N4/c1-3-19-11-15-9-17(15)13-21-7-5-6-8-22-14-18-10-16(18)12-20-4-2/h15-22H,3-14H2,1-2H3/t15-,16-,17-,18-/m1/s1. The van der Waals surface area contributed by atoms with Crippen molar-refractivity contribution in [1.29, 1.82) is 0 Å². The molecule has 0 aromatic rings. The SMILES string of the molecule is CCNC[C@H]1C[C@@H]1CNCCCCNC[C@H]1C[C@@H]1CNCC. The lowest BCUT2D eigenvalue weighted by Crippen LogP contribution is -2.24. The van der Waals surface area contributed by atoms with Crippen LogP contribution in [0, 0.1) is 23.7 Å². The van der Waals surface area contributed by atoms with Gasteiger partial charge >= 0.3 is 0 Å². The van der Waals surface area contributed by atoms with E-state index in [0.717, 1.165) is 36.8 Å². The van der Waals surface area contributed by atoms with Gasteiger partial charge in [-0.2, -0.15) is 0 Å². The van der Waals surface area contributed by atoms with Gasteiger partial charge in [0.2, 0.25) is 0 Å². The molecule has 22 heavy (non-hydrogen) atoms. The molecule has 0 heterocycles. The summed E-state index contributed by atoms with van der Waals surface area (Å²) in [6.45, 7) is 13.9. The van der Waals surface area contributed by atoms with E-state index >= 15 is 0 Å². The van der Waals surface area contributed by atoms with Crippen LogP contribution in [-0.2, 0) is 0 Å². The Labute approximate surface area is 137 Å². The minimum absolute atomic E-state index is 0.945. The van der Waals surface area contributed by atoms with Crippen molar-refractivity contribution in [3.63, 3.8) is 0 Å². The molecule has 4 nitrogen and oxygen atoms in total. The molecule has 2 aliphatic carbocycles. The van der Waals surface area contributed by atoms with E-state index in [1.54, 1.807) is 0 Å². The smallest absolute Gasteiger partial charge is 0.00173 e. The molecule has 0 radical (unpaired) electrons. The van der Waals surface area contributed by atoms with Crippen molar-refractivity contribution in [2.45, 2.75) is 39.5 Å². The number of hydrogen-bond donors (Lipinski definition) is 4. The zero-order valence-corrected chi connectivity index (χ0v) is 14.8. The summed E-state index contributed by atoms with van der Waals surface area (Å²) in [5, 5.41) is 14.2. The highest BCUT2D eigenvalue weighted by Gasteiger charge is 2.36. The van der Waals surface area contributed by atoms with Gasteiger partial charge in [-0.25, -0.2) is 0 Å². The minimum Gasteiger partial charge on any atom is -0.317 e. The van der Waals surface area contributed by atoms with Crippen molar-refractivity contribution in [3.8, 4) is 0 Å². The zero-order chi connectivity index (χ0) is 15.6. The topological polar surface area (TPSA) is 48.1 Å². The van der Waals surface area contributed by atoms with Crippen LogP contribution in [0.4, 0.5) is 0 Å². The molecule has 0 aromatic carbocycles. The average Bonchev–Trinajstić information content (AvgIpc) is 3.43. The van der Waals surface area contributed by atoms with Crippen molar-refractivity contribution in [1.82, 2.24) is 21.3 Å². The summed E-state index contributed by atoms with van der Waals surface area (Å²) in [5.41, 5.74) is 0. The van der Waals surface area contributed by atoms with E-state index in [-0.39, 0.29) is 0 Å². The Bertz CT molecular complexity index is 256. The maximum atomic E-state index is 3.63. The predicted octanol–water partition coefficient (Wildman–Crippen LogP) is 1.44. The highest BCUT2D eigenvalue weighted by molar-refractivity contribution is 4.89. The lowest BCUT2D eigenvalue weighted by atomic mass is 10.2. The second-order valence-electron chi connectivity index (χ2n) is 7.24. The summed E-state index contributed by atoms with van der Waals surface area (Å²) in [5.74, 6) is 3.78. The molecule has 0 aromatic heterocycles. The molecule has 0 spiro atoms. The van der Waals surface area contributed by atoms with Gasteiger partial charge in [0.05, 0.1) is 0 Å². The van der Waals surface area contributed by atoms with Crippen LogP contribution < -0.4 is 21.3 Å². The van der Waals surface area contributed by atoms with E-state index in [2.05, 4.69) is 35.1 Å². The van der Waals surface area contributed by atoms with Crippen LogP contribution in [0.1, 0.15) is 39.5 Å².